The van der Waals surface area contributed by atoms with E-state index in [4.69, 9.17) is 10.3 Å². The SMILES string of the molecule is [ClH2+].[O-][I+2]([O-])[O-]. The van der Waals surface area contributed by atoms with Crippen molar-refractivity contribution in [1.29, 1.82) is 0 Å². The Hall–Kier alpha value is 0.900. The molecule has 0 radical (unpaired) electrons. The van der Waals surface area contributed by atoms with Crippen LogP contribution in [-0.4, -0.2) is 0 Å². The molecular weight excluding hydrogens is 210 g/mol. The summed E-state index contributed by atoms with van der Waals surface area (Å²) in [5.74, 6) is 0. The highest BCUT2D eigenvalue weighted by Crippen LogP contribution is 0.0000291. The van der Waals surface area contributed by atoms with Crippen molar-refractivity contribution in [1.82, 2.24) is 0 Å². The second-order valence-electron chi connectivity index (χ2n) is 0.189. The van der Waals surface area contributed by atoms with Gasteiger partial charge in [0.05, 0.1) is 12.4 Å². The van der Waals surface area contributed by atoms with E-state index >= 15 is 0 Å². The summed E-state index contributed by atoms with van der Waals surface area (Å²) in [6.07, 6.45) is 0. The lowest BCUT2D eigenvalue weighted by Gasteiger charge is -1.84. The van der Waals surface area contributed by atoms with Gasteiger partial charge in [0.15, 0.2) is 0 Å². The Bertz CT molecular complexity index is 11.6. The van der Waals surface area contributed by atoms with E-state index in [-0.39, 0.29) is 12.4 Å². The van der Waals surface area contributed by atoms with Crippen molar-refractivity contribution in [2.45, 2.75) is 0 Å². The largest absolute Gasteiger partial charge is 0.427 e. The molecule has 0 aromatic carbocycles. The van der Waals surface area contributed by atoms with E-state index < -0.39 is 21.1 Å². The van der Waals surface area contributed by atoms with E-state index in [1.807, 2.05) is 0 Å². The first kappa shape index (κ1) is 9.31. The molecule has 0 aliphatic rings. The maximum absolute atomic E-state index is 8.57. The van der Waals surface area contributed by atoms with Crippen molar-refractivity contribution in [3.05, 3.63) is 0 Å². The third kappa shape index (κ3) is 50.9. The standard InChI is InChI=1S/ClH2.IO3/c;2-1(3)4/h1H2;/q+1;-1. The maximum atomic E-state index is 8.57. The number of hydrogen-bond acceptors (Lipinski definition) is 3. The van der Waals surface area contributed by atoms with Gasteiger partial charge in [-0.3, -0.25) is 0 Å². The van der Waals surface area contributed by atoms with E-state index in [2.05, 4.69) is 0 Å². The fourth-order valence-electron chi connectivity index (χ4n) is 0. The van der Waals surface area contributed by atoms with Crippen LogP contribution < -0.4 is 31.4 Å². The van der Waals surface area contributed by atoms with Crippen LogP contribution in [0.15, 0.2) is 0 Å². The van der Waals surface area contributed by atoms with Crippen LogP contribution in [0.25, 0.3) is 0 Å². The lowest BCUT2D eigenvalue weighted by atomic mass is 16.0. The highest BCUT2D eigenvalue weighted by atomic mass is 127. The van der Waals surface area contributed by atoms with Crippen molar-refractivity contribution >= 4 is 0 Å². The molecule has 0 fully saturated rings. The summed E-state index contributed by atoms with van der Waals surface area (Å²) < 4.78 is 25.7. The lowest BCUT2D eigenvalue weighted by molar-refractivity contribution is -1.73. The summed E-state index contributed by atoms with van der Waals surface area (Å²) in [7, 11) is 0. The molecule has 0 aliphatic heterocycles. The predicted molar refractivity (Wildman–Crippen MR) is 2.79 cm³/mol. The fraction of sp³-hybridized carbons (Fsp3) is 0. The minimum Gasteiger partial charge on any atom is -0.427 e. The third-order valence-electron chi connectivity index (χ3n) is 0. The normalized spacial score (nSPS) is 7.20. The summed E-state index contributed by atoms with van der Waals surface area (Å²) in [5.41, 5.74) is 0. The average molecular weight is 212 g/mol. The van der Waals surface area contributed by atoms with Crippen LogP contribution in [0.4, 0.5) is 0 Å². The lowest BCUT2D eigenvalue weighted by Crippen LogP contribution is -4.05. The molecule has 0 N–H and O–H groups in total. The van der Waals surface area contributed by atoms with Crippen molar-refractivity contribution < 1.29 is 43.8 Å². The van der Waals surface area contributed by atoms with Crippen LogP contribution in [0.3, 0.4) is 0 Å². The van der Waals surface area contributed by atoms with Crippen LogP contribution >= 0.6 is 0 Å². The molecular formula is H2ClIO3. The van der Waals surface area contributed by atoms with Crippen molar-refractivity contribution in [3.63, 3.8) is 0 Å². The average Bonchev–Trinajstić information content (AvgIpc) is 0.811. The minimum atomic E-state index is -4.01. The van der Waals surface area contributed by atoms with E-state index in [9.17, 15) is 0 Å². The van der Waals surface area contributed by atoms with Crippen LogP contribution in [0.2, 0.25) is 0 Å². The second-order valence-corrected chi connectivity index (χ2v) is 1.27. The summed E-state index contributed by atoms with van der Waals surface area (Å²) in [4.78, 5) is 0. The van der Waals surface area contributed by atoms with Gasteiger partial charge in [-0.1, -0.05) is 0 Å². The van der Waals surface area contributed by atoms with Gasteiger partial charge in [-0.15, -0.1) is 0 Å². The molecule has 0 saturated heterocycles. The molecule has 34 valence electrons. The van der Waals surface area contributed by atoms with Crippen LogP contribution in [0, 0.1) is 12.4 Å². The number of halogens is 2. The zero-order valence-electron chi connectivity index (χ0n) is 2.05. The molecule has 5 heteroatoms. The van der Waals surface area contributed by atoms with Crippen molar-refractivity contribution in [2.75, 3.05) is 0 Å². The van der Waals surface area contributed by atoms with Gasteiger partial charge in [0, 0.05) is 0 Å². The molecule has 3 nitrogen and oxygen atoms in total. The van der Waals surface area contributed by atoms with Crippen molar-refractivity contribution in [3.8, 4) is 0 Å². The van der Waals surface area contributed by atoms with Gasteiger partial charge in [0.25, 0.3) is 21.1 Å². The summed E-state index contributed by atoms with van der Waals surface area (Å²) in [6.45, 7) is 0. The molecule has 0 aromatic rings. The van der Waals surface area contributed by atoms with E-state index in [0.29, 0.717) is 0 Å². The summed E-state index contributed by atoms with van der Waals surface area (Å²) in [6, 6.07) is 0. The van der Waals surface area contributed by atoms with Gasteiger partial charge < -0.3 is 10.3 Å². The van der Waals surface area contributed by atoms with Gasteiger partial charge in [-0.25, -0.2) is 0 Å². The van der Waals surface area contributed by atoms with Gasteiger partial charge >= 0.3 is 0 Å². The molecule has 0 rings (SSSR count). The smallest absolute Gasteiger partial charge is 0.282 e. The molecule has 0 unspecified atom stereocenters. The van der Waals surface area contributed by atoms with Crippen LogP contribution in [0.1, 0.15) is 0 Å². The van der Waals surface area contributed by atoms with Gasteiger partial charge in [-0.05, 0) is 0 Å². The van der Waals surface area contributed by atoms with Crippen molar-refractivity contribution in [2.24, 2.45) is 0 Å². The maximum Gasteiger partial charge on any atom is 0.282 e. The molecule has 0 saturated carbocycles. The first-order valence-electron chi connectivity index (χ1n) is 0.463. The third-order valence-corrected chi connectivity index (χ3v) is 0. The molecule has 0 amide bonds. The quantitative estimate of drug-likeness (QED) is 0.375. The van der Waals surface area contributed by atoms with E-state index in [1.54, 1.807) is 0 Å². The molecule has 0 spiro atoms. The van der Waals surface area contributed by atoms with Gasteiger partial charge in [-0.2, -0.15) is 0 Å². The Labute approximate surface area is 44.1 Å². The van der Waals surface area contributed by atoms with E-state index in [1.165, 1.54) is 0 Å². The zero-order chi connectivity index (χ0) is 3.58. The Balaban J connectivity index is 0. The van der Waals surface area contributed by atoms with Crippen LogP contribution in [0.5, 0.6) is 0 Å². The highest BCUT2D eigenvalue weighted by Gasteiger charge is 1.70. The molecule has 5 heavy (non-hydrogen) atoms. The Morgan fingerprint density at radius 1 is 1.00 bits per heavy atom. The monoisotopic (exact) mass is 212 g/mol. The number of hydrogen-bond donors (Lipinski definition) is 0. The summed E-state index contributed by atoms with van der Waals surface area (Å²) >= 11 is -4.01. The highest BCUT2D eigenvalue weighted by molar-refractivity contribution is 1.73. The molecule has 0 aliphatic carbocycles. The molecule has 0 heterocycles. The van der Waals surface area contributed by atoms with Gasteiger partial charge in [0.1, 0.15) is 0 Å². The Morgan fingerprint density at radius 3 is 1.00 bits per heavy atom. The molecule has 0 aromatic heterocycles. The van der Waals surface area contributed by atoms with E-state index in [0.717, 1.165) is 0 Å². The van der Waals surface area contributed by atoms with Crippen LogP contribution in [-0.2, 0) is 0 Å². The zero-order valence-corrected chi connectivity index (χ0v) is 5.10. The summed E-state index contributed by atoms with van der Waals surface area (Å²) in [5, 5.41) is 0. The molecule has 0 bridgehead atoms. The van der Waals surface area contributed by atoms with Gasteiger partial charge in [0.2, 0.25) is 0 Å². The topological polar surface area (TPSA) is 69.2 Å². The number of rotatable bonds is 0. The Kier molecular flexibility index (Phi) is 9.13. The minimum absolute atomic E-state index is 0. The first-order chi connectivity index (χ1) is 1.73. The second kappa shape index (κ2) is 4.90. The Morgan fingerprint density at radius 2 is 1.00 bits per heavy atom. The predicted octanol–water partition coefficient (Wildman–Crippen LogP) is -7.10. The molecule has 0 atom stereocenters. The fourth-order valence-corrected chi connectivity index (χ4v) is 0. The first-order valence-corrected chi connectivity index (χ1v) is 3.11.